The molecular weight excluding hydrogens is 244 g/mol. The summed E-state index contributed by atoms with van der Waals surface area (Å²) in [7, 11) is 2.36. The van der Waals surface area contributed by atoms with Gasteiger partial charge in [0, 0.05) is 24.2 Å². The van der Waals surface area contributed by atoms with Crippen molar-refractivity contribution in [3.63, 3.8) is 0 Å². The molecule has 2 atom stereocenters. The molecule has 0 amide bonds. The minimum atomic E-state index is 0.839. The van der Waals surface area contributed by atoms with Gasteiger partial charge in [0.05, 0.1) is 0 Å². The van der Waals surface area contributed by atoms with Gasteiger partial charge in [-0.3, -0.25) is 0 Å². The van der Waals surface area contributed by atoms with Gasteiger partial charge in [0.15, 0.2) is 0 Å². The number of nitrogens with zero attached hydrogens (tertiary/aromatic N) is 1. The second kappa shape index (κ2) is 4.46. The van der Waals surface area contributed by atoms with E-state index in [0.29, 0.717) is 0 Å². The molecule has 6 aliphatic rings. The van der Waals surface area contributed by atoms with E-state index in [1.165, 1.54) is 25.7 Å². The number of hydrogen-bond acceptors (Lipinski definition) is 2. The van der Waals surface area contributed by atoms with Crippen LogP contribution in [0.15, 0.2) is 0 Å². The lowest BCUT2D eigenvalue weighted by Crippen LogP contribution is -2.59. The minimum Gasteiger partial charge on any atom is -0.311 e. The number of hydrogen-bond donors (Lipinski definition) is 1. The Morgan fingerprint density at radius 3 is 1.85 bits per heavy atom. The van der Waals surface area contributed by atoms with Crippen LogP contribution in [0.2, 0.25) is 0 Å². The molecule has 6 rings (SSSR count). The normalized spacial score (nSPS) is 57.5. The average Bonchev–Trinajstić information content (AvgIpc) is 2.65. The fourth-order valence-corrected chi connectivity index (χ4v) is 7.02. The average molecular weight is 274 g/mol. The molecule has 0 aromatic rings. The molecule has 2 aliphatic heterocycles. The van der Waals surface area contributed by atoms with Gasteiger partial charge >= 0.3 is 0 Å². The quantitative estimate of drug-likeness (QED) is 0.832. The van der Waals surface area contributed by atoms with Crippen LogP contribution in [0.5, 0.6) is 0 Å². The summed E-state index contributed by atoms with van der Waals surface area (Å²) in [6.07, 6.45) is 13.6. The molecule has 20 heavy (non-hydrogen) atoms. The third-order valence-corrected chi connectivity index (χ3v) is 7.75. The Bertz CT molecular complexity index is 351. The summed E-state index contributed by atoms with van der Waals surface area (Å²) in [6, 6.07) is 3.52. The van der Waals surface area contributed by atoms with E-state index in [1.54, 1.807) is 32.1 Å². The van der Waals surface area contributed by atoms with Gasteiger partial charge in [-0.1, -0.05) is 0 Å². The SMILES string of the molecule is CN1C2CCC1CC(NC1C3CC4CC(C3)CC1C4)C2. The van der Waals surface area contributed by atoms with Crippen LogP contribution >= 0.6 is 0 Å². The van der Waals surface area contributed by atoms with Crippen LogP contribution < -0.4 is 5.32 Å². The first-order valence-corrected chi connectivity index (χ1v) is 9.24. The predicted molar refractivity (Wildman–Crippen MR) is 81.6 cm³/mol. The molecule has 1 N–H and O–H groups in total. The molecular formula is C18H30N2. The summed E-state index contributed by atoms with van der Waals surface area (Å²) < 4.78 is 0. The molecule has 2 nitrogen and oxygen atoms in total. The van der Waals surface area contributed by atoms with Crippen LogP contribution in [0.25, 0.3) is 0 Å². The lowest BCUT2D eigenvalue weighted by Gasteiger charge is -2.55. The van der Waals surface area contributed by atoms with E-state index in [2.05, 4.69) is 17.3 Å². The predicted octanol–water partition coefficient (Wildman–Crippen LogP) is 3.03. The first-order chi connectivity index (χ1) is 9.76. The molecule has 2 saturated heterocycles. The minimum absolute atomic E-state index is 0.839. The first kappa shape index (κ1) is 12.5. The number of rotatable bonds is 2. The van der Waals surface area contributed by atoms with Gasteiger partial charge in [-0.2, -0.15) is 0 Å². The molecule has 0 aromatic heterocycles. The van der Waals surface area contributed by atoms with Crippen LogP contribution in [-0.2, 0) is 0 Å². The lowest BCUT2D eigenvalue weighted by atomic mass is 9.54. The highest BCUT2D eigenvalue weighted by Crippen LogP contribution is 2.54. The lowest BCUT2D eigenvalue weighted by molar-refractivity contribution is -0.0223. The second-order valence-electron chi connectivity index (χ2n) is 8.84. The van der Waals surface area contributed by atoms with Crippen LogP contribution in [0.1, 0.15) is 57.8 Å². The Hall–Kier alpha value is -0.0800. The van der Waals surface area contributed by atoms with E-state index in [4.69, 9.17) is 0 Å². The van der Waals surface area contributed by atoms with Crippen molar-refractivity contribution in [2.45, 2.75) is 82.0 Å². The van der Waals surface area contributed by atoms with Crippen LogP contribution in [-0.4, -0.2) is 36.1 Å². The molecule has 0 spiro atoms. The van der Waals surface area contributed by atoms with Crippen molar-refractivity contribution in [1.29, 1.82) is 0 Å². The maximum Gasteiger partial charge on any atom is 0.0127 e. The van der Waals surface area contributed by atoms with Crippen molar-refractivity contribution in [2.24, 2.45) is 23.7 Å². The van der Waals surface area contributed by atoms with Crippen molar-refractivity contribution in [1.82, 2.24) is 10.2 Å². The summed E-state index contributed by atoms with van der Waals surface area (Å²) in [5.41, 5.74) is 0. The fourth-order valence-electron chi connectivity index (χ4n) is 7.02. The van der Waals surface area contributed by atoms with Crippen LogP contribution in [0, 0.1) is 23.7 Å². The first-order valence-electron chi connectivity index (χ1n) is 9.24. The molecule has 6 bridgehead atoms. The van der Waals surface area contributed by atoms with Gasteiger partial charge in [0.1, 0.15) is 0 Å². The van der Waals surface area contributed by atoms with E-state index >= 15 is 0 Å². The van der Waals surface area contributed by atoms with Crippen molar-refractivity contribution in [3.8, 4) is 0 Å². The van der Waals surface area contributed by atoms with E-state index in [-0.39, 0.29) is 0 Å². The smallest absolute Gasteiger partial charge is 0.0127 e. The summed E-state index contributed by atoms with van der Waals surface area (Å²) in [6.45, 7) is 0. The third kappa shape index (κ3) is 1.83. The molecule has 4 saturated carbocycles. The third-order valence-electron chi connectivity index (χ3n) is 7.75. The van der Waals surface area contributed by atoms with Gasteiger partial charge in [0.25, 0.3) is 0 Å². The highest BCUT2D eigenvalue weighted by Gasteiger charge is 2.49. The molecule has 2 unspecified atom stereocenters. The fraction of sp³-hybridized carbons (Fsp3) is 1.00. The van der Waals surface area contributed by atoms with E-state index in [0.717, 1.165) is 47.8 Å². The van der Waals surface area contributed by atoms with Crippen molar-refractivity contribution in [3.05, 3.63) is 0 Å². The van der Waals surface area contributed by atoms with Gasteiger partial charge in [0.2, 0.25) is 0 Å². The maximum atomic E-state index is 4.20. The number of nitrogens with one attached hydrogen (secondary N) is 1. The van der Waals surface area contributed by atoms with E-state index < -0.39 is 0 Å². The Kier molecular flexibility index (Phi) is 2.78. The van der Waals surface area contributed by atoms with Gasteiger partial charge in [-0.15, -0.1) is 0 Å². The molecule has 0 aromatic carbocycles. The van der Waals surface area contributed by atoms with Crippen LogP contribution in [0.3, 0.4) is 0 Å². The summed E-state index contributed by atoms with van der Waals surface area (Å²) in [4.78, 5) is 2.68. The summed E-state index contributed by atoms with van der Waals surface area (Å²) in [5, 5.41) is 4.20. The zero-order valence-corrected chi connectivity index (χ0v) is 12.9. The molecule has 6 fully saturated rings. The molecule has 2 heterocycles. The Balaban J connectivity index is 1.28. The maximum absolute atomic E-state index is 4.20. The molecule has 4 aliphatic carbocycles. The standard InChI is InChI=1S/C18H30N2/c1-20-16-2-3-17(20)10-15(9-16)19-18-13-5-11-4-12(7-13)8-14(18)6-11/h11-19H,2-10H2,1H3. The van der Waals surface area contributed by atoms with Crippen molar-refractivity contribution >= 4 is 0 Å². The monoisotopic (exact) mass is 274 g/mol. The Morgan fingerprint density at radius 1 is 0.750 bits per heavy atom. The van der Waals surface area contributed by atoms with Crippen LogP contribution in [0.4, 0.5) is 0 Å². The van der Waals surface area contributed by atoms with Crippen molar-refractivity contribution < 1.29 is 0 Å². The van der Waals surface area contributed by atoms with Gasteiger partial charge in [-0.25, -0.2) is 0 Å². The highest BCUT2D eigenvalue weighted by atomic mass is 15.2. The molecule has 2 heteroatoms. The van der Waals surface area contributed by atoms with E-state index in [1.807, 2.05) is 0 Å². The molecule has 0 radical (unpaired) electrons. The topological polar surface area (TPSA) is 15.3 Å². The Morgan fingerprint density at radius 2 is 1.30 bits per heavy atom. The molecule has 112 valence electrons. The zero-order chi connectivity index (χ0) is 13.3. The van der Waals surface area contributed by atoms with Crippen molar-refractivity contribution in [2.75, 3.05) is 7.05 Å². The number of piperidine rings is 1. The largest absolute Gasteiger partial charge is 0.311 e. The van der Waals surface area contributed by atoms with Gasteiger partial charge in [-0.05, 0) is 88.5 Å². The van der Waals surface area contributed by atoms with E-state index in [9.17, 15) is 0 Å². The number of fused-ring (bicyclic) bond motifs is 2. The zero-order valence-electron chi connectivity index (χ0n) is 12.9. The summed E-state index contributed by atoms with van der Waals surface area (Å²) in [5.74, 6) is 4.32. The Labute approximate surface area is 123 Å². The van der Waals surface area contributed by atoms with Gasteiger partial charge < -0.3 is 10.2 Å². The summed E-state index contributed by atoms with van der Waals surface area (Å²) >= 11 is 0. The highest BCUT2D eigenvalue weighted by molar-refractivity contribution is 5.04. The second-order valence-corrected chi connectivity index (χ2v) is 8.84.